The van der Waals surface area contributed by atoms with Gasteiger partial charge in [-0.05, 0) is 36.9 Å². The molecule has 3 atom stereocenters. The van der Waals surface area contributed by atoms with Gasteiger partial charge in [-0.15, -0.1) is 0 Å². The SMILES string of the molecule is CC1CCN(C(=O)C2COc3ccccc3O2)CC1CN. The van der Waals surface area contributed by atoms with Crippen LogP contribution in [-0.2, 0) is 4.79 Å². The van der Waals surface area contributed by atoms with Gasteiger partial charge in [0.05, 0.1) is 0 Å². The highest BCUT2D eigenvalue weighted by Gasteiger charge is 2.35. The maximum atomic E-state index is 12.6. The summed E-state index contributed by atoms with van der Waals surface area (Å²) in [6.45, 7) is 4.59. The number of carbonyl (C=O) groups is 1. The van der Waals surface area contributed by atoms with E-state index >= 15 is 0 Å². The Morgan fingerprint density at radius 1 is 1.38 bits per heavy atom. The molecule has 21 heavy (non-hydrogen) atoms. The van der Waals surface area contributed by atoms with Crippen molar-refractivity contribution in [3.63, 3.8) is 0 Å². The molecule has 1 aromatic rings. The van der Waals surface area contributed by atoms with Crippen LogP contribution < -0.4 is 15.2 Å². The quantitative estimate of drug-likeness (QED) is 0.891. The van der Waals surface area contributed by atoms with Gasteiger partial charge in [-0.1, -0.05) is 19.1 Å². The third-order valence-corrected chi connectivity index (χ3v) is 4.51. The molecule has 1 saturated heterocycles. The summed E-state index contributed by atoms with van der Waals surface area (Å²) in [6.07, 6.45) is 0.448. The van der Waals surface area contributed by atoms with E-state index in [1.165, 1.54) is 0 Å². The lowest BCUT2D eigenvalue weighted by Gasteiger charge is -2.38. The zero-order valence-electron chi connectivity index (χ0n) is 12.3. The van der Waals surface area contributed by atoms with Gasteiger partial charge in [0.25, 0.3) is 5.91 Å². The molecule has 3 rings (SSSR count). The fourth-order valence-electron chi connectivity index (χ4n) is 3.00. The minimum absolute atomic E-state index is 0.00912. The number of piperidine rings is 1. The second kappa shape index (κ2) is 5.93. The molecule has 2 N–H and O–H groups in total. The van der Waals surface area contributed by atoms with Crippen molar-refractivity contribution in [1.29, 1.82) is 0 Å². The van der Waals surface area contributed by atoms with Gasteiger partial charge in [0.1, 0.15) is 6.61 Å². The van der Waals surface area contributed by atoms with Crippen LogP contribution >= 0.6 is 0 Å². The van der Waals surface area contributed by atoms with Crippen LogP contribution in [0.2, 0.25) is 0 Å². The van der Waals surface area contributed by atoms with Crippen molar-refractivity contribution in [2.75, 3.05) is 26.2 Å². The molecule has 0 aromatic heterocycles. The van der Waals surface area contributed by atoms with E-state index in [0.29, 0.717) is 29.9 Å². The van der Waals surface area contributed by atoms with Crippen LogP contribution in [0.15, 0.2) is 24.3 Å². The van der Waals surface area contributed by atoms with Crippen LogP contribution in [0, 0.1) is 11.8 Å². The van der Waals surface area contributed by atoms with Crippen molar-refractivity contribution in [3.05, 3.63) is 24.3 Å². The number of ether oxygens (including phenoxy) is 2. The van der Waals surface area contributed by atoms with E-state index in [1.807, 2.05) is 29.2 Å². The lowest BCUT2D eigenvalue weighted by atomic mass is 9.87. The molecule has 2 aliphatic rings. The van der Waals surface area contributed by atoms with Crippen LogP contribution in [0.4, 0.5) is 0 Å². The topological polar surface area (TPSA) is 64.8 Å². The maximum absolute atomic E-state index is 12.6. The average Bonchev–Trinajstić information content (AvgIpc) is 2.54. The number of carbonyl (C=O) groups excluding carboxylic acids is 1. The van der Waals surface area contributed by atoms with Crippen LogP contribution in [0.1, 0.15) is 13.3 Å². The van der Waals surface area contributed by atoms with Gasteiger partial charge in [-0.25, -0.2) is 0 Å². The zero-order valence-corrected chi connectivity index (χ0v) is 12.3. The fourth-order valence-corrected chi connectivity index (χ4v) is 3.00. The Kier molecular flexibility index (Phi) is 4.01. The smallest absolute Gasteiger partial charge is 0.267 e. The van der Waals surface area contributed by atoms with E-state index in [1.54, 1.807) is 0 Å². The Morgan fingerprint density at radius 3 is 2.90 bits per heavy atom. The Balaban J connectivity index is 1.67. The van der Waals surface area contributed by atoms with Crippen molar-refractivity contribution in [2.24, 2.45) is 17.6 Å². The van der Waals surface area contributed by atoms with E-state index in [9.17, 15) is 4.79 Å². The second-order valence-corrected chi connectivity index (χ2v) is 5.91. The molecule has 0 saturated carbocycles. The van der Waals surface area contributed by atoms with Crippen molar-refractivity contribution in [3.8, 4) is 11.5 Å². The number of benzene rings is 1. The van der Waals surface area contributed by atoms with Gasteiger partial charge in [-0.3, -0.25) is 4.79 Å². The number of likely N-dealkylation sites (tertiary alicyclic amines) is 1. The molecule has 3 unspecified atom stereocenters. The fraction of sp³-hybridized carbons (Fsp3) is 0.562. The highest BCUT2D eigenvalue weighted by Crippen LogP contribution is 2.32. The normalized spacial score (nSPS) is 28.3. The molecule has 0 aliphatic carbocycles. The summed E-state index contributed by atoms with van der Waals surface area (Å²) in [6, 6.07) is 7.45. The first-order chi connectivity index (χ1) is 10.2. The molecule has 0 spiro atoms. The Labute approximate surface area is 125 Å². The molecule has 1 fully saturated rings. The summed E-state index contributed by atoms with van der Waals surface area (Å²) >= 11 is 0. The van der Waals surface area contributed by atoms with E-state index in [-0.39, 0.29) is 12.5 Å². The molecule has 114 valence electrons. The number of nitrogens with zero attached hydrogens (tertiary/aromatic N) is 1. The Hall–Kier alpha value is -1.75. The number of para-hydroxylation sites is 2. The van der Waals surface area contributed by atoms with Gasteiger partial charge in [0.15, 0.2) is 11.5 Å². The van der Waals surface area contributed by atoms with E-state index < -0.39 is 6.10 Å². The molecule has 1 amide bonds. The van der Waals surface area contributed by atoms with Gasteiger partial charge >= 0.3 is 0 Å². The minimum Gasteiger partial charge on any atom is -0.485 e. The van der Waals surface area contributed by atoms with Crippen molar-refractivity contribution in [2.45, 2.75) is 19.4 Å². The predicted molar refractivity (Wildman–Crippen MR) is 79.3 cm³/mol. The monoisotopic (exact) mass is 290 g/mol. The summed E-state index contributed by atoms with van der Waals surface area (Å²) in [5.41, 5.74) is 5.80. The molecule has 1 aromatic carbocycles. The number of rotatable bonds is 2. The largest absolute Gasteiger partial charge is 0.485 e. The first-order valence-corrected chi connectivity index (χ1v) is 7.56. The highest BCUT2D eigenvalue weighted by molar-refractivity contribution is 5.82. The molecule has 0 bridgehead atoms. The van der Waals surface area contributed by atoms with E-state index in [0.717, 1.165) is 19.5 Å². The van der Waals surface area contributed by atoms with E-state index in [2.05, 4.69) is 6.92 Å². The minimum atomic E-state index is -0.549. The van der Waals surface area contributed by atoms with Gasteiger partial charge < -0.3 is 20.1 Å². The van der Waals surface area contributed by atoms with Gasteiger partial charge in [0, 0.05) is 13.1 Å². The summed E-state index contributed by atoms with van der Waals surface area (Å²) < 4.78 is 11.4. The van der Waals surface area contributed by atoms with E-state index in [4.69, 9.17) is 15.2 Å². The molecular weight excluding hydrogens is 268 g/mol. The average molecular weight is 290 g/mol. The van der Waals surface area contributed by atoms with Gasteiger partial charge in [0.2, 0.25) is 6.10 Å². The van der Waals surface area contributed by atoms with Crippen molar-refractivity contribution >= 4 is 5.91 Å². The number of hydrogen-bond acceptors (Lipinski definition) is 4. The van der Waals surface area contributed by atoms with Crippen LogP contribution in [-0.4, -0.2) is 43.2 Å². The van der Waals surface area contributed by atoms with Gasteiger partial charge in [-0.2, -0.15) is 0 Å². The highest BCUT2D eigenvalue weighted by atomic mass is 16.6. The Bertz CT molecular complexity index is 520. The van der Waals surface area contributed by atoms with Crippen LogP contribution in [0.25, 0.3) is 0 Å². The second-order valence-electron chi connectivity index (χ2n) is 5.91. The third-order valence-electron chi connectivity index (χ3n) is 4.51. The lowest BCUT2D eigenvalue weighted by molar-refractivity contribution is -0.143. The first-order valence-electron chi connectivity index (χ1n) is 7.56. The molecular formula is C16H22N2O3. The standard InChI is InChI=1S/C16H22N2O3/c1-11-6-7-18(9-12(11)8-17)16(19)15-10-20-13-4-2-3-5-14(13)21-15/h2-5,11-12,15H,6-10,17H2,1H3. The predicted octanol–water partition coefficient (Wildman–Crippen LogP) is 1.27. The summed E-state index contributed by atoms with van der Waals surface area (Å²) in [4.78, 5) is 14.5. The maximum Gasteiger partial charge on any atom is 0.267 e. The summed E-state index contributed by atoms with van der Waals surface area (Å²) in [5.74, 6) is 2.30. The third kappa shape index (κ3) is 2.83. The lowest BCUT2D eigenvalue weighted by Crippen LogP contribution is -2.52. The van der Waals surface area contributed by atoms with Crippen LogP contribution in [0.3, 0.4) is 0 Å². The summed E-state index contributed by atoms with van der Waals surface area (Å²) in [7, 11) is 0. The Morgan fingerprint density at radius 2 is 2.14 bits per heavy atom. The number of nitrogens with two attached hydrogens (primary N) is 1. The molecule has 0 radical (unpaired) electrons. The van der Waals surface area contributed by atoms with Crippen molar-refractivity contribution in [1.82, 2.24) is 4.90 Å². The molecule has 5 heteroatoms. The summed E-state index contributed by atoms with van der Waals surface area (Å²) in [5, 5.41) is 0. The molecule has 2 heterocycles. The van der Waals surface area contributed by atoms with Crippen LogP contribution in [0.5, 0.6) is 11.5 Å². The zero-order chi connectivity index (χ0) is 14.8. The molecule has 5 nitrogen and oxygen atoms in total. The number of amides is 1. The first kappa shape index (κ1) is 14.2. The number of hydrogen-bond donors (Lipinski definition) is 1. The number of fused-ring (bicyclic) bond motifs is 1. The van der Waals surface area contributed by atoms with Crippen molar-refractivity contribution < 1.29 is 14.3 Å². The molecule has 2 aliphatic heterocycles.